The van der Waals surface area contributed by atoms with Crippen molar-refractivity contribution in [2.24, 2.45) is 11.1 Å². The smallest absolute Gasteiger partial charge is 0.288 e. The van der Waals surface area contributed by atoms with Crippen molar-refractivity contribution in [3.05, 3.63) is 101 Å². The molecule has 1 saturated heterocycles. The van der Waals surface area contributed by atoms with Crippen molar-refractivity contribution in [3.8, 4) is 16.8 Å². The van der Waals surface area contributed by atoms with Gasteiger partial charge in [-0.15, -0.1) is 5.10 Å². The van der Waals surface area contributed by atoms with Gasteiger partial charge in [0.15, 0.2) is 0 Å². The van der Waals surface area contributed by atoms with Gasteiger partial charge in [0, 0.05) is 13.1 Å². The topological polar surface area (TPSA) is 77.0 Å². The van der Waals surface area contributed by atoms with Crippen LogP contribution in [0.25, 0.3) is 16.8 Å². The van der Waals surface area contributed by atoms with Crippen LogP contribution in [0, 0.1) is 12.3 Å². The maximum absolute atomic E-state index is 11.3. The van der Waals surface area contributed by atoms with Crippen molar-refractivity contribution in [3.63, 3.8) is 0 Å². The van der Waals surface area contributed by atoms with Crippen molar-refractivity contribution in [2.45, 2.75) is 40.2 Å². The summed E-state index contributed by atoms with van der Waals surface area (Å²) in [6.45, 7) is 9.92. The first-order valence-corrected chi connectivity index (χ1v) is 12.5. The van der Waals surface area contributed by atoms with E-state index in [-0.39, 0.29) is 5.82 Å². The van der Waals surface area contributed by atoms with Gasteiger partial charge in [-0.1, -0.05) is 74.5 Å². The minimum Gasteiger partial charge on any atom is -0.363 e. The van der Waals surface area contributed by atoms with Gasteiger partial charge < -0.3 is 5.73 Å². The second-order valence-corrected chi connectivity index (χ2v) is 10.6. The van der Waals surface area contributed by atoms with Gasteiger partial charge in [0.25, 0.3) is 5.91 Å². The Morgan fingerprint density at radius 1 is 0.889 bits per heavy atom. The average molecular weight is 480 g/mol. The predicted octanol–water partition coefficient (Wildman–Crippen LogP) is 5.16. The molecule has 1 aromatic heterocycles. The van der Waals surface area contributed by atoms with Gasteiger partial charge in [-0.2, -0.15) is 0 Å². The van der Waals surface area contributed by atoms with Gasteiger partial charge >= 0.3 is 0 Å². The number of carbonyl (C=O) groups excluding carboxylic acids is 1. The van der Waals surface area contributed by atoms with E-state index < -0.39 is 5.91 Å². The van der Waals surface area contributed by atoms with E-state index in [9.17, 15) is 4.79 Å². The number of benzene rings is 3. The number of aryl methyl sites for hydroxylation is 1. The zero-order chi connectivity index (χ0) is 25.3. The van der Waals surface area contributed by atoms with Crippen LogP contribution in [0.3, 0.4) is 0 Å². The molecule has 0 saturated carbocycles. The van der Waals surface area contributed by atoms with Gasteiger partial charge in [-0.05, 0) is 71.7 Å². The van der Waals surface area contributed by atoms with E-state index >= 15 is 0 Å². The average Bonchev–Trinajstić information content (AvgIpc) is 3.42. The first-order valence-electron chi connectivity index (χ1n) is 12.5. The minimum atomic E-state index is -0.626. The molecule has 3 aromatic carbocycles. The number of rotatable bonds is 7. The van der Waals surface area contributed by atoms with E-state index in [4.69, 9.17) is 5.73 Å². The second kappa shape index (κ2) is 9.70. The van der Waals surface area contributed by atoms with Gasteiger partial charge in [0.1, 0.15) is 5.82 Å². The number of hydrogen-bond donors (Lipinski definition) is 1. The maximum atomic E-state index is 11.3. The highest BCUT2D eigenvalue weighted by Gasteiger charge is 2.28. The van der Waals surface area contributed by atoms with Crippen LogP contribution in [0.4, 0.5) is 0 Å². The summed E-state index contributed by atoms with van der Waals surface area (Å²) in [5.41, 5.74) is 12.9. The van der Waals surface area contributed by atoms with Crippen molar-refractivity contribution in [1.82, 2.24) is 19.7 Å². The molecule has 0 atom stereocenters. The quantitative estimate of drug-likeness (QED) is 0.397. The fourth-order valence-electron chi connectivity index (χ4n) is 4.96. The van der Waals surface area contributed by atoms with Crippen LogP contribution in [0.1, 0.15) is 53.4 Å². The number of aromatic nitrogens is 3. The number of primary amides is 1. The molecule has 6 heteroatoms. The van der Waals surface area contributed by atoms with E-state index in [1.807, 2.05) is 12.1 Å². The Labute approximate surface area is 212 Å². The lowest BCUT2D eigenvalue weighted by Crippen LogP contribution is -2.22. The van der Waals surface area contributed by atoms with E-state index in [2.05, 4.69) is 89.5 Å². The molecule has 0 spiro atoms. The largest absolute Gasteiger partial charge is 0.363 e. The van der Waals surface area contributed by atoms with Crippen LogP contribution in [-0.4, -0.2) is 38.7 Å². The molecule has 1 aliphatic rings. The second-order valence-electron chi connectivity index (χ2n) is 10.6. The van der Waals surface area contributed by atoms with Gasteiger partial charge in [0.05, 0.1) is 5.69 Å². The highest BCUT2D eigenvalue weighted by atomic mass is 16.1. The van der Waals surface area contributed by atoms with Crippen molar-refractivity contribution >= 4 is 5.91 Å². The molecule has 0 aliphatic carbocycles. The third-order valence-electron chi connectivity index (χ3n) is 6.98. The third kappa shape index (κ3) is 5.39. The number of hydrogen-bond acceptors (Lipinski definition) is 4. The molecule has 2 heterocycles. The maximum Gasteiger partial charge on any atom is 0.288 e. The van der Waals surface area contributed by atoms with E-state index in [1.165, 1.54) is 47.3 Å². The molecule has 1 fully saturated rings. The Bertz CT molecular complexity index is 1350. The van der Waals surface area contributed by atoms with Crippen molar-refractivity contribution in [2.75, 3.05) is 13.1 Å². The molecule has 184 valence electrons. The summed E-state index contributed by atoms with van der Waals surface area (Å²) in [6.07, 6.45) is 2.12. The molecule has 36 heavy (non-hydrogen) atoms. The standard InChI is InChI=1S/C30H33N5O/c1-21-32-29(28(31)36)33-35(21)27-14-8-23(9-15-27)18-22-4-10-25(11-5-22)26-12-6-24(7-13-26)19-34-17-16-30(2,3)20-34/h4-15H,16-20H2,1-3H3,(H2,31,36). The molecule has 0 radical (unpaired) electrons. The van der Waals surface area contributed by atoms with E-state index in [0.29, 0.717) is 11.2 Å². The van der Waals surface area contributed by atoms with Crippen LogP contribution in [0.2, 0.25) is 0 Å². The van der Waals surface area contributed by atoms with Gasteiger partial charge in [0.2, 0.25) is 5.82 Å². The lowest BCUT2D eigenvalue weighted by molar-refractivity contribution is 0.0990. The fraction of sp³-hybridized carbons (Fsp3) is 0.300. The van der Waals surface area contributed by atoms with Crippen molar-refractivity contribution in [1.29, 1.82) is 0 Å². The molecule has 1 amide bonds. The van der Waals surface area contributed by atoms with E-state index in [1.54, 1.807) is 11.6 Å². The van der Waals surface area contributed by atoms with Gasteiger partial charge in [-0.25, -0.2) is 9.67 Å². The third-order valence-corrected chi connectivity index (χ3v) is 6.98. The number of carbonyl (C=O) groups is 1. The molecule has 4 aromatic rings. The van der Waals surface area contributed by atoms with Crippen LogP contribution in [-0.2, 0) is 13.0 Å². The zero-order valence-electron chi connectivity index (χ0n) is 21.2. The van der Waals surface area contributed by atoms with E-state index in [0.717, 1.165) is 18.7 Å². The molecular weight excluding hydrogens is 446 g/mol. The van der Waals surface area contributed by atoms with Crippen molar-refractivity contribution < 1.29 is 4.79 Å². The minimum absolute atomic E-state index is 0.0296. The Morgan fingerprint density at radius 3 is 1.94 bits per heavy atom. The SMILES string of the molecule is Cc1nc(C(N)=O)nn1-c1ccc(Cc2ccc(-c3ccc(CN4CCC(C)(C)C4)cc3)cc2)cc1. The Hall–Kier alpha value is -3.77. The molecule has 0 bridgehead atoms. The number of nitrogens with two attached hydrogens (primary N) is 1. The normalized spacial score (nSPS) is 15.3. The van der Waals surface area contributed by atoms with Crippen LogP contribution in [0.15, 0.2) is 72.8 Å². The van der Waals surface area contributed by atoms with Crippen LogP contribution >= 0.6 is 0 Å². The monoisotopic (exact) mass is 479 g/mol. The summed E-state index contributed by atoms with van der Waals surface area (Å²) in [4.78, 5) is 18.0. The number of amides is 1. The summed E-state index contributed by atoms with van der Waals surface area (Å²) in [6, 6.07) is 25.9. The number of likely N-dealkylation sites (tertiary alicyclic amines) is 1. The Morgan fingerprint density at radius 2 is 1.44 bits per heavy atom. The first kappa shape index (κ1) is 23.9. The summed E-state index contributed by atoms with van der Waals surface area (Å²) < 4.78 is 1.63. The molecular formula is C30H33N5O. The lowest BCUT2D eigenvalue weighted by Gasteiger charge is -2.19. The molecule has 0 unspecified atom stereocenters. The first-order chi connectivity index (χ1) is 17.3. The Kier molecular flexibility index (Phi) is 6.46. The zero-order valence-corrected chi connectivity index (χ0v) is 21.2. The summed E-state index contributed by atoms with van der Waals surface area (Å²) in [7, 11) is 0. The highest BCUT2D eigenvalue weighted by Crippen LogP contribution is 2.30. The highest BCUT2D eigenvalue weighted by molar-refractivity contribution is 5.88. The van der Waals surface area contributed by atoms with Gasteiger partial charge in [-0.3, -0.25) is 9.69 Å². The molecule has 5 rings (SSSR count). The summed E-state index contributed by atoms with van der Waals surface area (Å²) in [5.74, 6) is 0.0289. The molecule has 2 N–H and O–H groups in total. The Balaban J connectivity index is 1.21. The lowest BCUT2D eigenvalue weighted by atomic mass is 9.93. The summed E-state index contributed by atoms with van der Waals surface area (Å²) in [5, 5.41) is 4.20. The number of nitrogens with zero attached hydrogens (tertiary/aromatic N) is 4. The summed E-state index contributed by atoms with van der Waals surface area (Å²) >= 11 is 0. The molecule has 6 nitrogen and oxygen atoms in total. The van der Waals surface area contributed by atoms with Crippen LogP contribution in [0.5, 0.6) is 0 Å². The fourth-order valence-corrected chi connectivity index (χ4v) is 4.96. The predicted molar refractivity (Wildman–Crippen MR) is 143 cm³/mol. The molecule has 1 aliphatic heterocycles. The van der Waals surface area contributed by atoms with Crippen LogP contribution < -0.4 is 5.73 Å².